The first-order chi connectivity index (χ1) is 12.6. The topological polar surface area (TPSA) is 54.3 Å². The van der Waals surface area contributed by atoms with Gasteiger partial charge in [-0.05, 0) is 69.1 Å². The molecule has 1 aliphatic heterocycles. The molecule has 1 N–H and O–H groups in total. The lowest BCUT2D eigenvalue weighted by atomic mass is 10.2. The van der Waals surface area contributed by atoms with Crippen LogP contribution >= 0.6 is 31.9 Å². The van der Waals surface area contributed by atoms with E-state index < -0.39 is 0 Å². The van der Waals surface area contributed by atoms with Gasteiger partial charge in [0.25, 0.3) is 0 Å². The van der Waals surface area contributed by atoms with Gasteiger partial charge in [0.2, 0.25) is 0 Å². The number of anilines is 1. The van der Waals surface area contributed by atoms with E-state index in [1.54, 1.807) is 12.3 Å². The Morgan fingerprint density at radius 3 is 2.58 bits per heavy atom. The number of benzene rings is 2. The van der Waals surface area contributed by atoms with Crippen molar-refractivity contribution in [1.29, 1.82) is 0 Å². The molecule has 0 saturated carbocycles. The molecular formula is C19H20Br2N2O3. The molecule has 1 heterocycles. The molecule has 0 atom stereocenters. The largest absolute Gasteiger partial charge is 0.504 e. The fraction of sp³-hybridized carbons (Fsp3) is 0.316. The third-order valence-electron chi connectivity index (χ3n) is 4.06. The van der Waals surface area contributed by atoms with Crippen molar-refractivity contribution in [3.8, 4) is 11.5 Å². The molecule has 2 aromatic rings. The molecule has 3 rings (SSSR count). The molecule has 26 heavy (non-hydrogen) atoms. The Hall–Kier alpha value is -1.57. The summed E-state index contributed by atoms with van der Waals surface area (Å²) in [5, 5.41) is 10.4. The van der Waals surface area contributed by atoms with Crippen molar-refractivity contribution in [3.63, 3.8) is 0 Å². The number of morpholine rings is 1. The minimum absolute atomic E-state index is 0.0654. The third kappa shape index (κ3) is 4.39. The number of phenols is 1. The highest BCUT2D eigenvalue weighted by molar-refractivity contribution is 9.13. The van der Waals surface area contributed by atoms with Crippen molar-refractivity contribution in [3.05, 3.63) is 44.8 Å². The van der Waals surface area contributed by atoms with E-state index in [1.165, 1.54) is 0 Å². The van der Waals surface area contributed by atoms with Crippen molar-refractivity contribution >= 4 is 49.4 Å². The summed E-state index contributed by atoms with van der Waals surface area (Å²) in [5.41, 5.74) is 2.55. The van der Waals surface area contributed by atoms with E-state index in [4.69, 9.17) is 9.47 Å². The fourth-order valence-electron chi connectivity index (χ4n) is 2.71. The Morgan fingerprint density at radius 1 is 1.23 bits per heavy atom. The monoisotopic (exact) mass is 482 g/mol. The van der Waals surface area contributed by atoms with Crippen molar-refractivity contribution < 1.29 is 14.6 Å². The molecule has 0 bridgehead atoms. The Balaban J connectivity index is 1.81. The van der Waals surface area contributed by atoms with Crippen LogP contribution < -0.4 is 9.64 Å². The lowest BCUT2D eigenvalue weighted by Crippen LogP contribution is -2.36. The van der Waals surface area contributed by atoms with Gasteiger partial charge in [0.15, 0.2) is 11.5 Å². The maximum atomic E-state index is 10.4. The van der Waals surface area contributed by atoms with Crippen molar-refractivity contribution in [2.75, 3.05) is 37.8 Å². The summed E-state index contributed by atoms with van der Waals surface area (Å²) in [6.07, 6.45) is 1.64. The lowest BCUT2D eigenvalue weighted by molar-refractivity contribution is 0.122. The van der Waals surface area contributed by atoms with Crippen LogP contribution in [0.1, 0.15) is 12.5 Å². The first kappa shape index (κ1) is 19.2. The minimum atomic E-state index is 0.0654. The van der Waals surface area contributed by atoms with E-state index in [1.807, 2.05) is 19.1 Å². The van der Waals surface area contributed by atoms with E-state index in [9.17, 15) is 5.11 Å². The predicted molar refractivity (Wildman–Crippen MR) is 111 cm³/mol. The van der Waals surface area contributed by atoms with Crippen LogP contribution in [0.3, 0.4) is 0 Å². The van der Waals surface area contributed by atoms with Crippen LogP contribution in [0.5, 0.6) is 11.5 Å². The number of halogens is 2. The summed E-state index contributed by atoms with van der Waals surface area (Å²) in [6.45, 7) is 5.68. The van der Waals surface area contributed by atoms with Gasteiger partial charge in [-0.2, -0.15) is 0 Å². The van der Waals surface area contributed by atoms with E-state index >= 15 is 0 Å². The number of aliphatic imine (C=N–C) groups is 1. The number of nitrogens with zero attached hydrogens (tertiary/aromatic N) is 2. The smallest absolute Gasteiger partial charge is 0.167 e. The molecule has 0 radical (unpaired) electrons. The number of ether oxygens (including phenoxy) is 2. The summed E-state index contributed by atoms with van der Waals surface area (Å²) in [6, 6.07) is 9.78. The zero-order valence-electron chi connectivity index (χ0n) is 14.4. The van der Waals surface area contributed by atoms with Crippen molar-refractivity contribution in [2.24, 2.45) is 4.99 Å². The number of rotatable bonds is 5. The lowest BCUT2D eigenvalue weighted by Gasteiger charge is -2.28. The fourth-order valence-corrected chi connectivity index (χ4v) is 3.53. The molecule has 0 aromatic heterocycles. The molecule has 1 aliphatic rings. The number of hydrogen-bond donors (Lipinski definition) is 1. The molecule has 7 heteroatoms. The molecule has 1 saturated heterocycles. The molecular weight excluding hydrogens is 464 g/mol. The highest BCUT2D eigenvalue weighted by Crippen LogP contribution is 2.40. The van der Waals surface area contributed by atoms with Crippen LogP contribution in [0.15, 0.2) is 44.3 Å². The highest BCUT2D eigenvalue weighted by Gasteiger charge is 2.15. The minimum Gasteiger partial charge on any atom is -0.504 e. The molecule has 0 amide bonds. The van der Waals surface area contributed by atoms with Crippen LogP contribution in [0.4, 0.5) is 11.4 Å². The molecule has 0 aliphatic carbocycles. The van der Waals surface area contributed by atoms with Gasteiger partial charge < -0.3 is 19.5 Å². The molecule has 0 spiro atoms. The summed E-state index contributed by atoms with van der Waals surface area (Å²) in [4.78, 5) is 6.79. The Morgan fingerprint density at radius 2 is 1.92 bits per heavy atom. The maximum Gasteiger partial charge on any atom is 0.167 e. The SMILES string of the molecule is CCOc1cc(Br)c(Br)c(C=Nc2ccc(N3CCOCC3)cc2)c1O. The molecule has 5 nitrogen and oxygen atoms in total. The van der Waals surface area contributed by atoms with Crippen molar-refractivity contribution in [2.45, 2.75) is 6.92 Å². The molecule has 1 fully saturated rings. The third-order valence-corrected chi connectivity index (χ3v) is 6.07. The average Bonchev–Trinajstić information content (AvgIpc) is 2.67. The Labute approximate surface area is 169 Å². The number of phenolic OH excluding ortho intramolecular Hbond substituents is 1. The second-order valence-corrected chi connectivity index (χ2v) is 7.39. The first-order valence-corrected chi connectivity index (χ1v) is 9.99. The second-order valence-electron chi connectivity index (χ2n) is 5.74. The summed E-state index contributed by atoms with van der Waals surface area (Å²) in [7, 11) is 0. The number of aromatic hydroxyl groups is 1. The molecule has 138 valence electrons. The van der Waals surface area contributed by atoms with Crippen LogP contribution in [-0.4, -0.2) is 44.2 Å². The van der Waals surface area contributed by atoms with Gasteiger partial charge in [0, 0.05) is 33.9 Å². The standard InChI is InChI=1S/C19H20Br2N2O3/c1-2-26-17-11-16(20)18(21)15(19(17)24)12-22-13-3-5-14(6-4-13)23-7-9-25-10-8-23/h3-6,11-12,24H,2,7-10H2,1H3. The average molecular weight is 484 g/mol. The predicted octanol–water partition coefficient (Wildman–Crippen LogP) is 4.90. The van der Waals surface area contributed by atoms with Gasteiger partial charge >= 0.3 is 0 Å². The zero-order chi connectivity index (χ0) is 18.5. The van der Waals surface area contributed by atoms with E-state index in [2.05, 4.69) is 53.9 Å². The van der Waals surface area contributed by atoms with Gasteiger partial charge in [0.05, 0.1) is 31.1 Å². The first-order valence-electron chi connectivity index (χ1n) is 8.40. The Kier molecular flexibility index (Phi) is 6.56. The quantitative estimate of drug-likeness (QED) is 0.614. The van der Waals surface area contributed by atoms with E-state index in [0.29, 0.717) is 17.9 Å². The van der Waals surface area contributed by atoms with Crippen LogP contribution in [-0.2, 0) is 4.74 Å². The van der Waals surface area contributed by atoms with Crippen LogP contribution in [0.25, 0.3) is 0 Å². The normalized spacial score (nSPS) is 14.8. The Bertz CT molecular complexity index is 788. The summed E-state index contributed by atoms with van der Waals surface area (Å²) >= 11 is 6.95. The van der Waals surface area contributed by atoms with Gasteiger partial charge in [-0.3, -0.25) is 4.99 Å². The number of hydrogen-bond acceptors (Lipinski definition) is 5. The molecule has 0 unspecified atom stereocenters. The second kappa shape index (κ2) is 8.88. The summed E-state index contributed by atoms with van der Waals surface area (Å²) < 4.78 is 12.4. The van der Waals surface area contributed by atoms with Gasteiger partial charge in [-0.1, -0.05) is 0 Å². The van der Waals surface area contributed by atoms with Crippen LogP contribution in [0.2, 0.25) is 0 Å². The van der Waals surface area contributed by atoms with Crippen LogP contribution in [0, 0.1) is 0 Å². The van der Waals surface area contributed by atoms with E-state index in [0.717, 1.165) is 46.6 Å². The van der Waals surface area contributed by atoms with Gasteiger partial charge in [-0.15, -0.1) is 0 Å². The molecule has 2 aromatic carbocycles. The van der Waals surface area contributed by atoms with Gasteiger partial charge in [0.1, 0.15) is 0 Å². The van der Waals surface area contributed by atoms with Gasteiger partial charge in [-0.25, -0.2) is 0 Å². The maximum absolute atomic E-state index is 10.4. The highest BCUT2D eigenvalue weighted by atomic mass is 79.9. The van der Waals surface area contributed by atoms with E-state index in [-0.39, 0.29) is 5.75 Å². The zero-order valence-corrected chi connectivity index (χ0v) is 17.6. The van der Waals surface area contributed by atoms with Crippen molar-refractivity contribution in [1.82, 2.24) is 0 Å². The summed E-state index contributed by atoms with van der Waals surface area (Å²) in [5.74, 6) is 0.488.